The lowest BCUT2D eigenvalue weighted by Crippen LogP contribution is -2.37. The Bertz CT molecular complexity index is 385. The van der Waals surface area contributed by atoms with Crippen molar-refractivity contribution in [3.05, 3.63) is 35.1 Å². The molecule has 0 aliphatic heterocycles. The molecule has 1 atom stereocenters. The van der Waals surface area contributed by atoms with Crippen LogP contribution in [0.15, 0.2) is 12.1 Å². The Morgan fingerprint density at radius 3 is 2.11 bits per heavy atom. The molecule has 2 nitrogen and oxygen atoms in total. The Labute approximate surface area is 112 Å². The van der Waals surface area contributed by atoms with Gasteiger partial charge in [0.15, 0.2) is 0 Å². The second-order valence-corrected chi connectivity index (χ2v) is 5.18. The zero-order chi connectivity index (χ0) is 14.4. The van der Waals surface area contributed by atoms with Crippen LogP contribution in [0.5, 0.6) is 0 Å². The van der Waals surface area contributed by atoms with Crippen molar-refractivity contribution in [3.63, 3.8) is 0 Å². The van der Waals surface area contributed by atoms with Crippen molar-refractivity contribution in [1.29, 1.82) is 0 Å². The molecule has 1 rings (SSSR count). The molecule has 0 fully saturated rings. The summed E-state index contributed by atoms with van der Waals surface area (Å²) in [6.07, 6.45) is 0. The fourth-order valence-corrected chi connectivity index (χ4v) is 1.68. The highest BCUT2D eigenvalue weighted by Gasteiger charge is 2.12. The summed E-state index contributed by atoms with van der Waals surface area (Å²) in [6.45, 7) is 7.78. The maximum Gasteiger partial charge on any atom is 0.133 e. The van der Waals surface area contributed by atoms with Crippen LogP contribution in [0, 0.1) is 23.4 Å². The van der Waals surface area contributed by atoms with Crippen molar-refractivity contribution in [2.24, 2.45) is 5.92 Å². The van der Waals surface area contributed by atoms with E-state index in [-0.39, 0.29) is 18.2 Å². The molecule has 0 bridgehead atoms. The third kappa shape index (κ3) is 5.61. The molecule has 1 aromatic rings. The summed E-state index contributed by atoms with van der Waals surface area (Å²) in [5.74, 6) is -2.05. The van der Waals surface area contributed by atoms with Gasteiger partial charge in [-0.1, -0.05) is 13.8 Å². The quantitative estimate of drug-likeness (QED) is 0.799. The average molecular weight is 274 g/mol. The average Bonchev–Trinajstić information content (AvgIpc) is 2.26. The Hall–Kier alpha value is -1.07. The van der Waals surface area contributed by atoms with Crippen LogP contribution in [0.2, 0.25) is 0 Å². The number of benzene rings is 1. The number of halogens is 3. The van der Waals surface area contributed by atoms with Crippen LogP contribution >= 0.6 is 0 Å². The predicted octanol–water partition coefficient (Wildman–Crippen LogP) is 2.83. The van der Waals surface area contributed by atoms with Gasteiger partial charge in [0.1, 0.15) is 17.5 Å². The smallest absolute Gasteiger partial charge is 0.133 e. The minimum absolute atomic E-state index is 0.0441. The van der Waals surface area contributed by atoms with Crippen molar-refractivity contribution >= 4 is 0 Å². The first-order chi connectivity index (χ1) is 8.90. The Morgan fingerprint density at radius 1 is 1.00 bits per heavy atom. The van der Waals surface area contributed by atoms with E-state index in [1.165, 1.54) is 0 Å². The molecule has 19 heavy (non-hydrogen) atoms. The van der Waals surface area contributed by atoms with Gasteiger partial charge >= 0.3 is 0 Å². The molecule has 0 aliphatic carbocycles. The minimum atomic E-state index is -0.898. The second-order valence-electron chi connectivity index (χ2n) is 5.18. The summed E-state index contributed by atoms with van der Waals surface area (Å²) in [5, 5.41) is 6.26. The molecular weight excluding hydrogens is 253 g/mol. The Morgan fingerprint density at radius 2 is 1.58 bits per heavy atom. The summed E-state index contributed by atoms with van der Waals surface area (Å²) in [6, 6.07) is 1.46. The zero-order valence-electron chi connectivity index (χ0n) is 11.6. The third-order valence-electron chi connectivity index (χ3n) is 2.74. The molecule has 1 aromatic carbocycles. The lowest BCUT2D eigenvalue weighted by molar-refractivity contribution is 0.455. The zero-order valence-corrected chi connectivity index (χ0v) is 11.6. The van der Waals surface area contributed by atoms with Gasteiger partial charge in [0.2, 0.25) is 0 Å². The van der Waals surface area contributed by atoms with Crippen molar-refractivity contribution in [2.75, 3.05) is 13.1 Å². The van der Waals surface area contributed by atoms with Gasteiger partial charge in [-0.05, 0) is 19.4 Å². The van der Waals surface area contributed by atoms with E-state index in [9.17, 15) is 13.2 Å². The topological polar surface area (TPSA) is 24.1 Å². The number of hydrogen-bond donors (Lipinski definition) is 2. The maximum absolute atomic E-state index is 13.4. The first-order valence-electron chi connectivity index (χ1n) is 6.47. The first-order valence-corrected chi connectivity index (χ1v) is 6.47. The molecule has 2 N–H and O–H groups in total. The van der Waals surface area contributed by atoms with Gasteiger partial charge in [-0.25, -0.2) is 13.2 Å². The Kier molecular flexibility index (Phi) is 6.31. The van der Waals surface area contributed by atoms with Gasteiger partial charge < -0.3 is 10.6 Å². The van der Waals surface area contributed by atoms with Crippen LogP contribution in [-0.4, -0.2) is 19.1 Å². The molecule has 0 heterocycles. The highest BCUT2D eigenvalue weighted by Crippen LogP contribution is 2.14. The molecule has 0 amide bonds. The van der Waals surface area contributed by atoms with Crippen LogP contribution in [-0.2, 0) is 6.54 Å². The van der Waals surface area contributed by atoms with E-state index in [0.717, 1.165) is 6.54 Å². The highest BCUT2D eigenvalue weighted by atomic mass is 19.1. The number of nitrogens with one attached hydrogen (secondary N) is 2. The van der Waals surface area contributed by atoms with Crippen molar-refractivity contribution in [3.8, 4) is 0 Å². The molecule has 0 saturated heterocycles. The lowest BCUT2D eigenvalue weighted by atomic mass is 10.1. The number of hydrogen-bond acceptors (Lipinski definition) is 2. The molecule has 0 aliphatic rings. The summed E-state index contributed by atoms with van der Waals surface area (Å²) < 4.78 is 39.5. The van der Waals surface area contributed by atoms with E-state index in [2.05, 4.69) is 24.5 Å². The van der Waals surface area contributed by atoms with E-state index in [4.69, 9.17) is 0 Å². The highest BCUT2D eigenvalue weighted by molar-refractivity contribution is 5.20. The van der Waals surface area contributed by atoms with E-state index in [1.807, 2.05) is 6.92 Å². The van der Waals surface area contributed by atoms with Crippen LogP contribution in [0.3, 0.4) is 0 Å². The van der Waals surface area contributed by atoms with Crippen molar-refractivity contribution < 1.29 is 13.2 Å². The molecule has 0 spiro atoms. The predicted molar refractivity (Wildman–Crippen MR) is 70.3 cm³/mol. The van der Waals surface area contributed by atoms with E-state index >= 15 is 0 Å². The number of rotatable bonds is 7. The third-order valence-corrected chi connectivity index (χ3v) is 2.74. The molecule has 5 heteroatoms. The van der Waals surface area contributed by atoms with E-state index in [1.54, 1.807) is 0 Å². The standard InChI is InChI=1S/C14H21F3N2/c1-9(2)6-18-7-10(3)19-8-12-13(16)4-11(15)5-14(12)17/h4-5,9-10,18-19H,6-8H2,1-3H3. The van der Waals surface area contributed by atoms with E-state index < -0.39 is 17.5 Å². The minimum Gasteiger partial charge on any atom is -0.315 e. The van der Waals surface area contributed by atoms with Gasteiger partial charge in [0, 0.05) is 36.8 Å². The van der Waals surface area contributed by atoms with Crippen molar-refractivity contribution in [1.82, 2.24) is 10.6 Å². The molecule has 0 saturated carbocycles. The monoisotopic (exact) mass is 274 g/mol. The summed E-state index contributed by atoms with van der Waals surface area (Å²) >= 11 is 0. The SMILES string of the molecule is CC(C)CNCC(C)NCc1c(F)cc(F)cc1F. The van der Waals surface area contributed by atoms with Crippen LogP contribution in [0.25, 0.3) is 0 Å². The van der Waals surface area contributed by atoms with Gasteiger partial charge in [0.05, 0.1) is 0 Å². The lowest BCUT2D eigenvalue weighted by Gasteiger charge is -2.16. The fourth-order valence-electron chi connectivity index (χ4n) is 1.68. The van der Waals surface area contributed by atoms with Crippen LogP contribution < -0.4 is 10.6 Å². The Balaban J connectivity index is 2.44. The van der Waals surface area contributed by atoms with Gasteiger partial charge in [-0.2, -0.15) is 0 Å². The summed E-state index contributed by atoms with van der Waals surface area (Å²) in [5.41, 5.74) is -0.128. The summed E-state index contributed by atoms with van der Waals surface area (Å²) in [4.78, 5) is 0. The normalized spacial score (nSPS) is 13.0. The molecular formula is C14H21F3N2. The largest absolute Gasteiger partial charge is 0.315 e. The fraction of sp³-hybridized carbons (Fsp3) is 0.571. The van der Waals surface area contributed by atoms with E-state index in [0.29, 0.717) is 24.6 Å². The van der Waals surface area contributed by atoms with Crippen LogP contribution in [0.4, 0.5) is 13.2 Å². The maximum atomic E-state index is 13.4. The first kappa shape index (κ1) is 16.0. The molecule has 0 aromatic heterocycles. The van der Waals surface area contributed by atoms with Gasteiger partial charge in [-0.15, -0.1) is 0 Å². The van der Waals surface area contributed by atoms with Gasteiger partial charge in [0.25, 0.3) is 0 Å². The van der Waals surface area contributed by atoms with Crippen LogP contribution in [0.1, 0.15) is 26.3 Å². The molecule has 0 radical (unpaired) electrons. The summed E-state index contributed by atoms with van der Waals surface area (Å²) in [7, 11) is 0. The second kappa shape index (κ2) is 7.50. The van der Waals surface area contributed by atoms with Crippen molar-refractivity contribution in [2.45, 2.75) is 33.4 Å². The van der Waals surface area contributed by atoms with Gasteiger partial charge in [-0.3, -0.25) is 0 Å². The molecule has 108 valence electrons. The molecule has 1 unspecified atom stereocenters.